The molecule has 0 aromatic heterocycles. The number of alkyl halides is 2. The summed E-state index contributed by atoms with van der Waals surface area (Å²) in [5, 5.41) is -3.33. The summed E-state index contributed by atoms with van der Waals surface area (Å²) in [4.78, 5) is 28.9. The van der Waals surface area contributed by atoms with Crippen LogP contribution >= 0.6 is 0 Å². The Labute approximate surface area is 160 Å². The molecule has 0 aliphatic carbocycles. The van der Waals surface area contributed by atoms with E-state index in [9.17, 15) is 26.8 Å². The smallest absolute Gasteiger partial charge is 0.266 e. The molecule has 0 saturated heterocycles. The van der Waals surface area contributed by atoms with E-state index < -0.39 is 38.2 Å². The number of benzene rings is 2. The number of carbonyl (C=O) groups is 2. The van der Waals surface area contributed by atoms with E-state index in [1.807, 2.05) is 0 Å². The first-order valence-corrected chi connectivity index (χ1v) is 10.0. The standard InChI is InChI=1S/C19H17F2NO5S/c20-19(21,28(25,26)14-8-2-1-3-9-14)12-6-7-13-27-22-17(23)15-10-4-5-11-16(15)18(22)24/h1-5,8-11H,6-7,12-13H2. The van der Waals surface area contributed by atoms with Crippen LogP contribution in [-0.2, 0) is 14.7 Å². The highest BCUT2D eigenvalue weighted by Crippen LogP contribution is 2.33. The summed E-state index contributed by atoms with van der Waals surface area (Å²) in [5.41, 5.74) is 0.431. The van der Waals surface area contributed by atoms with Crippen molar-refractivity contribution >= 4 is 21.7 Å². The van der Waals surface area contributed by atoms with Gasteiger partial charge in [0.15, 0.2) is 0 Å². The average molecular weight is 409 g/mol. The van der Waals surface area contributed by atoms with Crippen LogP contribution in [0.25, 0.3) is 0 Å². The summed E-state index contributed by atoms with van der Waals surface area (Å²) in [7, 11) is -4.79. The van der Waals surface area contributed by atoms with Crippen LogP contribution in [0.5, 0.6) is 0 Å². The normalized spacial score (nSPS) is 14.4. The molecular formula is C19H17F2NO5S. The Balaban J connectivity index is 1.51. The molecule has 2 amide bonds. The van der Waals surface area contributed by atoms with Gasteiger partial charge in [0.2, 0.25) is 9.84 Å². The quantitative estimate of drug-likeness (QED) is 0.493. The summed E-state index contributed by atoms with van der Waals surface area (Å²) in [6, 6.07) is 12.7. The molecule has 0 atom stereocenters. The van der Waals surface area contributed by atoms with Crippen LogP contribution in [0.15, 0.2) is 59.5 Å². The largest absolute Gasteiger partial charge is 0.350 e. The second kappa shape index (κ2) is 7.76. The van der Waals surface area contributed by atoms with Crippen LogP contribution < -0.4 is 0 Å². The van der Waals surface area contributed by atoms with E-state index in [0.717, 1.165) is 12.1 Å². The molecule has 3 rings (SSSR count). The van der Waals surface area contributed by atoms with Crippen LogP contribution in [0.3, 0.4) is 0 Å². The maximum atomic E-state index is 14.2. The maximum absolute atomic E-state index is 14.2. The van der Waals surface area contributed by atoms with Crippen molar-refractivity contribution in [1.82, 2.24) is 5.06 Å². The van der Waals surface area contributed by atoms with E-state index in [0.29, 0.717) is 5.06 Å². The number of hydrogen-bond donors (Lipinski definition) is 0. The highest BCUT2D eigenvalue weighted by atomic mass is 32.2. The van der Waals surface area contributed by atoms with Crippen molar-refractivity contribution in [1.29, 1.82) is 0 Å². The lowest BCUT2D eigenvalue weighted by molar-refractivity contribution is -0.0929. The number of rotatable bonds is 8. The molecule has 2 aromatic carbocycles. The lowest BCUT2D eigenvalue weighted by Crippen LogP contribution is -2.31. The van der Waals surface area contributed by atoms with Crippen molar-refractivity contribution in [3.8, 4) is 0 Å². The highest BCUT2D eigenvalue weighted by molar-refractivity contribution is 7.92. The zero-order valence-corrected chi connectivity index (χ0v) is 15.5. The predicted molar refractivity (Wildman–Crippen MR) is 95.3 cm³/mol. The van der Waals surface area contributed by atoms with E-state index in [-0.39, 0.29) is 30.6 Å². The van der Waals surface area contributed by atoms with Gasteiger partial charge in [-0.1, -0.05) is 30.3 Å². The van der Waals surface area contributed by atoms with Crippen molar-refractivity contribution in [3.63, 3.8) is 0 Å². The minimum absolute atomic E-state index is 0.0489. The fraction of sp³-hybridized carbons (Fsp3) is 0.263. The van der Waals surface area contributed by atoms with Gasteiger partial charge < -0.3 is 0 Å². The lowest BCUT2D eigenvalue weighted by atomic mass is 10.1. The number of hydroxylamine groups is 2. The summed E-state index contributed by atoms with van der Waals surface area (Å²) >= 11 is 0. The monoisotopic (exact) mass is 409 g/mol. The van der Waals surface area contributed by atoms with Crippen molar-refractivity contribution in [2.75, 3.05) is 6.61 Å². The SMILES string of the molecule is O=C1c2ccccc2C(=O)N1OCCCCC(F)(F)S(=O)(=O)c1ccccc1. The van der Waals surface area contributed by atoms with Crippen LogP contribution in [0.4, 0.5) is 8.78 Å². The van der Waals surface area contributed by atoms with Gasteiger partial charge in [0.05, 0.1) is 22.6 Å². The number of hydrogen-bond acceptors (Lipinski definition) is 5. The zero-order valence-electron chi connectivity index (χ0n) is 14.7. The molecule has 0 spiro atoms. The second-order valence-corrected chi connectivity index (χ2v) is 8.27. The van der Waals surface area contributed by atoms with Crippen LogP contribution in [0.2, 0.25) is 0 Å². The van der Waals surface area contributed by atoms with E-state index in [2.05, 4.69) is 0 Å². The topological polar surface area (TPSA) is 80.8 Å². The fourth-order valence-corrected chi connectivity index (χ4v) is 4.05. The van der Waals surface area contributed by atoms with Crippen molar-refractivity contribution in [2.24, 2.45) is 0 Å². The highest BCUT2D eigenvalue weighted by Gasteiger charge is 2.45. The molecule has 0 bridgehead atoms. The predicted octanol–water partition coefficient (Wildman–Crippen LogP) is 3.45. The molecule has 6 nitrogen and oxygen atoms in total. The first-order valence-electron chi connectivity index (χ1n) is 8.54. The third kappa shape index (κ3) is 3.67. The summed E-state index contributed by atoms with van der Waals surface area (Å²) < 4.78 is 52.5. The number of imide groups is 1. The molecule has 0 radical (unpaired) electrons. The summed E-state index contributed by atoms with van der Waals surface area (Å²) in [6.45, 7) is -0.174. The van der Waals surface area contributed by atoms with E-state index >= 15 is 0 Å². The zero-order chi connectivity index (χ0) is 20.4. The van der Waals surface area contributed by atoms with Crippen LogP contribution in [0.1, 0.15) is 40.0 Å². The Hall–Kier alpha value is -2.65. The fourth-order valence-electron chi connectivity index (χ4n) is 2.78. The Morgan fingerprint density at radius 3 is 1.96 bits per heavy atom. The number of amides is 2. The molecule has 0 fully saturated rings. The van der Waals surface area contributed by atoms with Crippen molar-refractivity contribution in [3.05, 3.63) is 65.7 Å². The van der Waals surface area contributed by atoms with Gasteiger partial charge in [0, 0.05) is 6.42 Å². The lowest BCUT2D eigenvalue weighted by Gasteiger charge is -2.17. The van der Waals surface area contributed by atoms with Gasteiger partial charge in [-0.3, -0.25) is 14.4 Å². The van der Waals surface area contributed by atoms with Crippen molar-refractivity contribution in [2.45, 2.75) is 29.4 Å². The second-order valence-electron chi connectivity index (χ2n) is 6.19. The minimum Gasteiger partial charge on any atom is -0.266 e. The molecular weight excluding hydrogens is 392 g/mol. The van der Waals surface area contributed by atoms with E-state index in [4.69, 9.17) is 4.84 Å². The molecule has 0 N–H and O–H groups in total. The van der Waals surface area contributed by atoms with Gasteiger partial charge in [-0.05, 0) is 37.1 Å². The van der Waals surface area contributed by atoms with E-state index in [1.54, 1.807) is 12.1 Å². The molecule has 1 aliphatic heterocycles. The van der Waals surface area contributed by atoms with Gasteiger partial charge in [-0.25, -0.2) is 8.42 Å². The van der Waals surface area contributed by atoms with Gasteiger partial charge in [0.25, 0.3) is 11.8 Å². The maximum Gasteiger partial charge on any atom is 0.350 e. The number of carbonyl (C=O) groups excluding carboxylic acids is 2. The van der Waals surface area contributed by atoms with Crippen molar-refractivity contribution < 1.29 is 31.6 Å². The molecule has 0 unspecified atom stereocenters. The van der Waals surface area contributed by atoms with Gasteiger partial charge in [-0.15, -0.1) is 5.06 Å². The minimum atomic E-state index is -4.79. The first kappa shape index (κ1) is 20.1. The van der Waals surface area contributed by atoms with E-state index in [1.165, 1.54) is 30.3 Å². The van der Waals surface area contributed by atoms with Gasteiger partial charge >= 0.3 is 5.25 Å². The third-order valence-corrected chi connectivity index (χ3v) is 6.17. The summed E-state index contributed by atoms with van der Waals surface area (Å²) in [6.07, 6.45) is -1.01. The number of sulfone groups is 1. The van der Waals surface area contributed by atoms with Crippen LogP contribution in [-0.4, -0.2) is 37.2 Å². The molecule has 1 heterocycles. The number of halogens is 2. The molecule has 148 valence electrons. The Morgan fingerprint density at radius 1 is 0.857 bits per heavy atom. The van der Waals surface area contributed by atoms with Crippen LogP contribution in [0, 0.1) is 0 Å². The Kier molecular flexibility index (Phi) is 5.57. The Morgan fingerprint density at radius 2 is 1.39 bits per heavy atom. The number of unbranched alkanes of at least 4 members (excludes halogenated alkanes) is 1. The molecule has 2 aromatic rings. The van der Waals surface area contributed by atoms with Gasteiger partial charge in [0.1, 0.15) is 0 Å². The molecule has 1 aliphatic rings. The Bertz CT molecular complexity index is 957. The number of fused-ring (bicyclic) bond motifs is 1. The average Bonchev–Trinajstić information content (AvgIpc) is 2.93. The third-order valence-electron chi connectivity index (χ3n) is 4.29. The summed E-state index contributed by atoms with van der Waals surface area (Å²) in [5.74, 6) is -1.23. The molecule has 0 saturated carbocycles. The van der Waals surface area contributed by atoms with Gasteiger partial charge in [-0.2, -0.15) is 8.78 Å². The molecule has 9 heteroatoms. The first-order chi connectivity index (χ1) is 13.3. The molecule has 28 heavy (non-hydrogen) atoms. The number of nitrogens with zero attached hydrogens (tertiary/aromatic N) is 1.